The van der Waals surface area contributed by atoms with Gasteiger partial charge in [-0.15, -0.1) is 0 Å². The molecule has 3 rings (SSSR count). The van der Waals surface area contributed by atoms with Gasteiger partial charge in [-0.2, -0.15) is 0 Å². The highest BCUT2D eigenvalue weighted by molar-refractivity contribution is 6.07. The summed E-state index contributed by atoms with van der Waals surface area (Å²) in [4.78, 5) is 25.7. The molecule has 0 aromatic heterocycles. The molecular weight excluding hydrogens is 330 g/mol. The Balaban J connectivity index is 1.76. The number of nitrogens with one attached hydrogen (secondary N) is 1. The van der Waals surface area contributed by atoms with Crippen LogP contribution in [0.5, 0.6) is 5.75 Å². The summed E-state index contributed by atoms with van der Waals surface area (Å²) in [5.74, 6) is -1.91. The van der Waals surface area contributed by atoms with Crippen LogP contribution in [0.1, 0.15) is 12.5 Å². The Morgan fingerprint density at radius 2 is 1.68 bits per heavy atom. The molecule has 1 atom stereocenters. The van der Waals surface area contributed by atoms with E-state index >= 15 is 0 Å². The molecule has 1 aliphatic heterocycles. The van der Waals surface area contributed by atoms with Gasteiger partial charge >= 0.3 is 6.03 Å². The lowest BCUT2D eigenvalue weighted by Crippen LogP contribution is -2.43. The van der Waals surface area contributed by atoms with Crippen LogP contribution < -0.4 is 10.1 Å². The van der Waals surface area contributed by atoms with E-state index in [1.54, 1.807) is 24.3 Å². The first kappa shape index (κ1) is 16.9. The van der Waals surface area contributed by atoms with Crippen molar-refractivity contribution in [1.29, 1.82) is 0 Å². The normalized spacial score (nSPS) is 19.9. The van der Waals surface area contributed by atoms with E-state index in [0.717, 1.165) is 17.0 Å². The van der Waals surface area contributed by atoms with Gasteiger partial charge in [0.1, 0.15) is 29.5 Å². The van der Waals surface area contributed by atoms with Gasteiger partial charge < -0.3 is 10.1 Å². The van der Waals surface area contributed by atoms with Gasteiger partial charge in [0.2, 0.25) is 0 Å². The molecule has 0 spiro atoms. The van der Waals surface area contributed by atoms with Crippen molar-refractivity contribution >= 4 is 11.9 Å². The average Bonchev–Trinajstić information content (AvgIpc) is 2.79. The van der Waals surface area contributed by atoms with Gasteiger partial charge in [0.05, 0.1) is 12.1 Å². The van der Waals surface area contributed by atoms with Crippen molar-refractivity contribution in [3.05, 3.63) is 65.7 Å². The first-order valence-electron chi connectivity index (χ1n) is 7.70. The van der Waals surface area contributed by atoms with Crippen molar-refractivity contribution in [2.45, 2.75) is 12.5 Å². The Morgan fingerprint density at radius 3 is 2.32 bits per heavy atom. The second-order valence-corrected chi connectivity index (χ2v) is 5.77. The van der Waals surface area contributed by atoms with Crippen LogP contribution in [0.15, 0.2) is 48.5 Å². The summed E-state index contributed by atoms with van der Waals surface area (Å²) < 4.78 is 33.6. The molecule has 1 heterocycles. The fourth-order valence-corrected chi connectivity index (χ4v) is 2.82. The number of ether oxygens (including phenoxy) is 1. The SMILES string of the molecule is C[C@@]1(c2c(F)cccc2F)NC(=O)N(CCOc2ccccc2)C1=O. The monoisotopic (exact) mass is 346 g/mol. The van der Waals surface area contributed by atoms with E-state index in [1.165, 1.54) is 13.0 Å². The van der Waals surface area contributed by atoms with Crippen molar-refractivity contribution in [3.8, 4) is 5.75 Å². The third-order valence-electron chi connectivity index (χ3n) is 4.06. The number of hydrogen-bond acceptors (Lipinski definition) is 3. The molecule has 2 aromatic carbocycles. The number of para-hydroxylation sites is 1. The first-order valence-corrected chi connectivity index (χ1v) is 7.70. The predicted molar refractivity (Wildman–Crippen MR) is 85.9 cm³/mol. The summed E-state index contributed by atoms with van der Waals surface area (Å²) in [6.45, 7) is 1.32. The van der Waals surface area contributed by atoms with Crippen LogP contribution >= 0.6 is 0 Å². The quantitative estimate of drug-likeness (QED) is 0.847. The lowest BCUT2D eigenvalue weighted by atomic mass is 9.91. The smallest absolute Gasteiger partial charge is 0.325 e. The number of amides is 3. The maximum atomic E-state index is 14.1. The minimum absolute atomic E-state index is 0.0365. The zero-order valence-corrected chi connectivity index (χ0v) is 13.5. The average molecular weight is 346 g/mol. The van der Waals surface area contributed by atoms with Crippen LogP contribution in [0.2, 0.25) is 0 Å². The summed E-state index contributed by atoms with van der Waals surface area (Å²) >= 11 is 0. The van der Waals surface area contributed by atoms with Crippen molar-refractivity contribution in [3.63, 3.8) is 0 Å². The molecule has 1 N–H and O–H groups in total. The van der Waals surface area contributed by atoms with E-state index < -0.39 is 34.7 Å². The number of urea groups is 1. The van der Waals surface area contributed by atoms with Gasteiger partial charge in [0.15, 0.2) is 0 Å². The maximum absolute atomic E-state index is 14.1. The Labute approximate surface area is 143 Å². The molecule has 7 heteroatoms. The van der Waals surface area contributed by atoms with Crippen LogP contribution in [0.4, 0.5) is 13.6 Å². The molecule has 2 aromatic rings. The van der Waals surface area contributed by atoms with Gasteiger partial charge in [0, 0.05) is 0 Å². The second kappa shape index (κ2) is 6.51. The molecular formula is C18H16F2N2O3. The Morgan fingerprint density at radius 1 is 1.04 bits per heavy atom. The predicted octanol–water partition coefficient (Wildman–Crippen LogP) is 2.81. The highest BCUT2D eigenvalue weighted by Crippen LogP contribution is 2.32. The summed E-state index contributed by atoms with van der Waals surface area (Å²) in [7, 11) is 0. The van der Waals surface area contributed by atoms with Gasteiger partial charge in [-0.25, -0.2) is 13.6 Å². The number of rotatable bonds is 5. The van der Waals surface area contributed by atoms with Crippen LogP contribution in [0, 0.1) is 11.6 Å². The molecule has 130 valence electrons. The minimum atomic E-state index is -1.79. The second-order valence-electron chi connectivity index (χ2n) is 5.77. The lowest BCUT2D eigenvalue weighted by molar-refractivity contribution is -0.131. The van der Waals surface area contributed by atoms with Crippen LogP contribution in [-0.2, 0) is 10.3 Å². The number of imide groups is 1. The largest absolute Gasteiger partial charge is 0.492 e. The molecule has 3 amide bonds. The van der Waals surface area contributed by atoms with Crippen molar-refractivity contribution in [1.82, 2.24) is 10.2 Å². The molecule has 0 aliphatic carbocycles. The Bertz CT molecular complexity index is 793. The third-order valence-corrected chi connectivity index (χ3v) is 4.06. The summed E-state index contributed by atoms with van der Waals surface area (Å²) in [6.07, 6.45) is 0. The summed E-state index contributed by atoms with van der Waals surface area (Å²) in [5, 5.41) is 2.38. The molecule has 0 saturated carbocycles. The van der Waals surface area contributed by atoms with E-state index in [9.17, 15) is 18.4 Å². The van der Waals surface area contributed by atoms with Gasteiger partial charge in [-0.1, -0.05) is 24.3 Å². The zero-order chi connectivity index (χ0) is 18.0. The van der Waals surface area contributed by atoms with Gasteiger partial charge in [-0.05, 0) is 31.2 Å². The molecule has 25 heavy (non-hydrogen) atoms. The van der Waals surface area contributed by atoms with Crippen molar-refractivity contribution in [2.24, 2.45) is 0 Å². The van der Waals surface area contributed by atoms with Crippen molar-refractivity contribution in [2.75, 3.05) is 13.2 Å². The van der Waals surface area contributed by atoms with Crippen molar-refractivity contribution < 1.29 is 23.1 Å². The highest BCUT2D eigenvalue weighted by atomic mass is 19.1. The Hall–Kier alpha value is -2.96. The summed E-state index contributed by atoms with van der Waals surface area (Å²) in [5.41, 5.74) is -2.26. The molecule has 1 aliphatic rings. The number of hydrogen-bond donors (Lipinski definition) is 1. The summed E-state index contributed by atoms with van der Waals surface area (Å²) in [6, 6.07) is 11.5. The van der Waals surface area contributed by atoms with Crippen LogP contribution in [-0.4, -0.2) is 30.0 Å². The number of benzene rings is 2. The van der Waals surface area contributed by atoms with E-state index in [2.05, 4.69) is 5.32 Å². The standard InChI is InChI=1S/C18H16F2N2O3/c1-18(15-13(19)8-5-9-14(15)20)16(23)22(17(24)21-18)10-11-25-12-6-3-2-4-7-12/h2-9H,10-11H2,1H3,(H,21,24)/t18-/m0/s1. The van der Waals surface area contributed by atoms with Crippen LogP contribution in [0.25, 0.3) is 0 Å². The van der Waals surface area contributed by atoms with E-state index in [4.69, 9.17) is 4.74 Å². The van der Waals surface area contributed by atoms with E-state index in [-0.39, 0.29) is 13.2 Å². The number of nitrogens with zero attached hydrogens (tertiary/aromatic N) is 1. The highest BCUT2D eigenvalue weighted by Gasteiger charge is 2.51. The topological polar surface area (TPSA) is 58.6 Å². The number of halogens is 2. The number of carbonyl (C=O) groups is 2. The fraction of sp³-hybridized carbons (Fsp3) is 0.222. The molecule has 0 unspecified atom stereocenters. The fourth-order valence-electron chi connectivity index (χ4n) is 2.82. The molecule has 5 nitrogen and oxygen atoms in total. The first-order chi connectivity index (χ1) is 11.9. The molecule has 1 fully saturated rings. The Kier molecular flexibility index (Phi) is 4.39. The van der Waals surface area contributed by atoms with E-state index in [1.807, 2.05) is 6.07 Å². The van der Waals surface area contributed by atoms with E-state index in [0.29, 0.717) is 5.75 Å². The molecule has 0 radical (unpaired) electrons. The minimum Gasteiger partial charge on any atom is -0.492 e. The molecule has 1 saturated heterocycles. The number of carbonyl (C=O) groups excluding carboxylic acids is 2. The zero-order valence-electron chi connectivity index (χ0n) is 13.5. The van der Waals surface area contributed by atoms with Gasteiger partial charge in [-0.3, -0.25) is 9.69 Å². The van der Waals surface area contributed by atoms with Gasteiger partial charge in [0.25, 0.3) is 5.91 Å². The lowest BCUT2D eigenvalue weighted by Gasteiger charge is -2.23. The molecule has 0 bridgehead atoms. The van der Waals surface area contributed by atoms with Crippen LogP contribution in [0.3, 0.4) is 0 Å². The maximum Gasteiger partial charge on any atom is 0.325 e. The third kappa shape index (κ3) is 3.05.